The molecule has 0 spiro atoms. The van der Waals surface area contributed by atoms with Gasteiger partial charge in [-0.15, -0.1) is 0 Å². The van der Waals surface area contributed by atoms with Gasteiger partial charge >= 0.3 is 12.1 Å². The van der Waals surface area contributed by atoms with Crippen LogP contribution >= 0.6 is 0 Å². The number of carbonyl (C=O) groups excluding carboxylic acids is 6. The number of hydrazine groups is 1. The Morgan fingerprint density at radius 2 is 1.38 bits per heavy atom. The van der Waals surface area contributed by atoms with E-state index in [1.165, 1.54) is 0 Å². The second kappa shape index (κ2) is 24.7. The molecule has 2 aromatic carbocycles. The van der Waals surface area contributed by atoms with Crippen molar-refractivity contribution in [3.8, 4) is 0 Å². The average molecular weight is 770 g/mol. The number of amides is 4. The van der Waals surface area contributed by atoms with Crippen LogP contribution in [0.2, 0.25) is 0 Å². The highest BCUT2D eigenvalue weighted by Gasteiger charge is 2.34. The summed E-state index contributed by atoms with van der Waals surface area (Å²) >= 11 is 0. The number of aliphatic imine (C=N–C) groups is 1. The molecule has 10 N–H and O–H groups in total. The van der Waals surface area contributed by atoms with Crippen molar-refractivity contribution in [2.24, 2.45) is 16.5 Å². The highest BCUT2D eigenvalue weighted by atomic mass is 16.7. The van der Waals surface area contributed by atoms with E-state index in [-0.39, 0.29) is 51.9 Å². The van der Waals surface area contributed by atoms with Gasteiger partial charge in [-0.1, -0.05) is 66.1 Å². The monoisotopic (exact) mass is 769 g/mol. The van der Waals surface area contributed by atoms with Crippen LogP contribution in [-0.2, 0) is 46.5 Å². The number of benzene rings is 2. The maximum atomic E-state index is 13.5. The van der Waals surface area contributed by atoms with E-state index in [2.05, 4.69) is 26.3 Å². The lowest BCUT2D eigenvalue weighted by Crippen LogP contribution is -2.56. The number of nitro groups is 1. The number of alkyl carbamates (subject to hydrolysis) is 1. The van der Waals surface area contributed by atoms with Gasteiger partial charge in [0.05, 0.1) is 12.1 Å². The fraction of sp³-hybridized carbons (Fsp3) is 0.429. The zero-order valence-electron chi connectivity index (χ0n) is 30.1. The summed E-state index contributed by atoms with van der Waals surface area (Å²) in [6.07, 6.45) is -1.29. The number of Topliss-reactive ketones (excluding diaryl/α,β-unsaturated/α-hetero) is 2. The Balaban J connectivity index is 2.20. The van der Waals surface area contributed by atoms with E-state index in [1.807, 2.05) is 18.2 Å². The molecular weight excluding hydrogens is 722 g/mol. The van der Waals surface area contributed by atoms with Crippen molar-refractivity contribution >= 4 is 47.3 Å². The van der Waals surface area contributed by atoms with E-state index in [9.17, 15) is 48.8 Å². The summed E-state index contributed by atoms with van der Waals surface area (Å²) in [6.45, 7) is -0.0160. The van der Waals surface area contributed by atoms with Crippen LogP contribution in [0, 0.1) is 10.1 Å². The third-order valence-corrected chi connectivity index (χ3v) is 7.80. The van der Waals surface area contributed by atoms with E-state index in [4.69, 9.17) is 16.2 Å². The Hall–Kier alpha value is -6.44. The third kappa shape index (κ3) is 18.2. The van der Waals surface area contributed by atoms with Crippen molar-refractivity contribution < 1.29 is 48.4 Å². The lowest BCUT2D eigenvalue weighted by atomic mass is 10.0. The SMILES string of the molecule is NCCCC[C@H](NC(=O)[C@H](CCC(=O)O)NC(=O)OCc1ccccc1)C(=O)C(=O)N[C@@H](CCCN=C(N)N[N+](=O)[O-])C(=O)C(=O)NCCc1ccccc1. The van der Waals surface area contributed by atoms with Crippen LogP contribution < -0.4 is 38.2 Å². The first-order valence-electron chi connectivity index (χ1n) is 17.4. The molecule has 0 aliphatic carbocycles. The maximum Gasteiger partial charge on any atom is 0.408 e. The Labute approximate surface area is 316 Å². The first-order chi connectivity index (χ1) is 26.3. The predicted octanol–water partition coefficient (Wildman–Crippen LogP) is -0.382. The van der Waals surface area contributed by atoms with Gasteiger partial charge in [0.2, 0.25) is 17.5 Å². The summed E-state index contributed by atoms with van der Waals surface area (Å²) in [5.74, 6) is -7.45. The molecule has 0 heterocycles. The topological polar surface area (TPSA) is 317 Å². The van der Waals surface area contributed by atoms with Gasteiger partial charge in [0.1, 0.15) is 12.6 Å². The van der Waals surface area contributed by atoms with Gasteiger partial charge in [0, 0.05) is 19.5 Å². The van der Waals surface area contributed by atoms with E-state index in [0.717, 1.165) is 5.56 Å². The van der Waals surface area contributed by atoms with Gasteiger partial charge in [0.15, 0.2) is 5.03 Å². The Morgan fingerprint density at radius 1 is 0.782 bits per heavy atom. The fourth-order valence-corrected chi connectivity index (χ4v) is 4.97. The van der Waals surface area contributed by atoms with Crippen LogP contribution in [0.25, 0.3) is 0 Å². The number of nitrogens with two attached hydrogens (primary N) is 2. The van der Waals surface area contributed by atoms with Crippen LogP contribution in [-0.4, -0.2) is 95.2 Å². The van der Waals surface area contributed by atoms with Gasteiger partial charge in [-0.05, 0) is 62.6 Å². The van der Waals surface area contributed by atoms with Crippen LogP contribution in [0.1, 0.15) is 56.1 Å². The Morgan fingerprint density at radius 3 is 2.00 bits per heavy atom. The number of aliphatic carboxylic acids is 1. The van der Waals surface area contributed by atoms with Crippen molar-refractivity contribution in [3.05, 3.63) is 81.9 Å². The van der Waals surface area contributed by atoms with E-state index in [1.54, 1.807) is 47.9 Å². The Bertz CT molecular complexity index is 1640. The number of hydrogen-bond donors (Lipinski definition) is 8. The minimum Gasteiger partial charge on any atom is -0.481 e. The van der Waals surface area contributed by atoms with Crippen molar-refractivity contribution in [1.29, 1.82) is 0 Å². The predicted molar refractivity (Wildman–Crippen MR) is 196 cm³/mol. The second-order valence-electron chi connectivity index (χ2n) is 12.1. The Kier molecular flexibility index (Phi) is 20.1. The molecule has 55 heavy (non-hydrogen) atoms. The lowest BCUT2D eigenvalue weighted by Gasteiger charge is -2.23. The number of hydrogen-bond acceptors (Lipinski definition) is 12. The van der Waals surface area contributed by atoms with Gasteiger partial charge < -0.3 is 42.6 Å². The molecule has 2 aromatic rings. The molecule has 0 saturated heterocycles. The number of carboxylic acid groups (broad SMARTS) is 1. The molecular formula is C35H47N9O11. The number of rotatable bonds is 25. The molecule has 0 aliphatic heterocycles. The number of guanidine groups is 1. The van der Waals surface area contributed by atoms with Gasteiger partial charge in [-0.25, -0.2) is 19.9 Å². The van der Waals surface area contributed by atoms with Gasteiger partial charge in [-0.3, -0.25) is 28.8 Å². The second-order valence-corrected chi connectivity index (χ2v) is 12.1. The molecule has 298 valence electrons. The first-order valence-corrected chi connectivity index (χ1v) is 17.4. The van der Waals surface area contributed by atoms with Crippen LogP contribution in [0.5, 0.6) is 0 Å². The van der Waals surface area contributed by atoms with E-state index in [0.29, 0.717) is 18.4 Å². The van der Waals surface area contributed by atoms with Gasteiger partial charge in [-0.2, -0.15) is 0 Å². The van der Waals surface area contributed by atoms with Crippen molar-refractivity contribution in [3.63, 3.8) is 0 Å². The molecule has 2 rings (SSSR count). The van der Waals surface area contributed by atoms with Crippen LogP contribution in [0.3, 0.4) is 0 Å². The normalized spacial score (nSPS) is 12.6. The van der Waals surface area contributed by atoms with Gasteiger partial charge in [0.25, 0.3) is 17.8 Å². The maximum absolute atomic E-state index is 13.5. The molecule has 20 heteroatoms. The van der Waals surface area contributed by atoms with Crippen LogP contribution in [0.4, 0.5) is 4.79 Å². The molecule has 0 aromatic heterocycles. The lowest BCUT2D eigenvalue weighted by molar-refractivity contribution is -0.525. The molecule has 0 saturated carbocycles. The van der Waals surface area contributed by atoms with E-state index < -0.39 is 83.3 Å². The summed E-state index contributed by atoms with van der Waals surface area (Å²) in [6, 6.07) is 13.1. The molecule has 0 aliphatic rings. The average Bonchev–Trinajstić information content (AvgIpc) is 3.16. The zero-order valence-corrected chi connectivity index (χ0v) is 30.1. The highest BCUT2D eigenvalue weighted by molar-refractivity contribution is 6.42. The number of ether oxygens (including phenoxy) is 1. The zero-order chi connectivity index (χ0) is 40.6. The molecule has 4 amide bonds. The summed E-state index contributed by atoms with van der Waals surface area (Å²) in [4.78, 5) is 105. The number of unbranched alkanes of at least 4 members (excludes halogenated alkanes) is 1. The summed E-state index contributed by atoms with van der Waals surface area (Å²) in [5, 5.41) is 28.3. The number of nitrogens with one attached hydrogen (secondary N) is 5. The van der Waals surface area contributed by atoms with Crippen molar-refractivity contribution in [2.75, 3.05) is 19.6 Å². The first kappa shape index (κ1) is 44.7. The highest BCUT2D eigenvalue weighted by Crippen LogP contribution is 2.09. The molecule has 0 radical (unpaired) electrons. The molecule has 0 bridgehead atoms. The molecule has 0 fully saturated rings. The molecule has 20 nitrogen and oxygen atoms in total. The number of nitrogens with zero attached hydrogens (tertiary/aromatic N) is 2. The third-order valence-electron chi connectivity index (χ3n) is 7.80. The summed E-state index contributed by atoms with van der Waals surface area (Å²) in [5.41, 5.74) is 14.2. The minimum absolute atomic E-state index is 0.0176. The van der Waals surface area contributed by atoms with E-state index >= 15 is 0 Å². The van der Waals surface area contributed by atoms with Crippen molar-refractivity contribution in [1.82, 2.24) is 26.7 Å². The standard InChI is InChI=1S/C35H47N9O11/c36-19-8-7-14-25(40-31(49)27(16-17-28(45)46)42-35(52)55-22-24-12-5-2-6-13-24)30(48)33(51)41-26(15-9-20-39-34(37)43-44(53)54)29(47)32(50)38-21-18-23-10-3-1-4-11-23/h1-6,10-13,25-27H,7-9,14-22,36H2,(H,38,50)(H,40,49)(H,41,51)(H,42,52)(H,45,46)(H3,37,39,43)/t25-,26-,27-/m0/s1. The summed E-state index contributed by atoms with van der Waals surface area (Å²) < 4.78 is 5.15. The number of carboxylic acids is 1. The quantitative estimate of drug-likeness (QED) is 0.0159. The molecule has 0 unspecified atom stereocenters. The largest absolute Gasteiger partial charge is 0.481 e. The van der Waals surface area contributed by atoms with Crippen LogP contribution in [0.15, 0.2) is 65.7 Å². The molecule has 3 atom stereocenters. The summed E-state index contributed by atoms with van der Waals surface area (Å²) in [7, 11) is 0. The minimum atomic E-state index is -1.56. The fourth-order valence-electron chi connectivity index (χ4n) is 4.97. The smallest absolute Gasteiger partial charge is 0.408 e. The number of ketones is 2. The number of carbonyl (C=O) groups is 7. The van der Waals surface area contributed by atoms with Crippen molar-refractivity contribution in [2.45, 2.75) is 76.1 Å².